The van der Waals surface area contributed by atoms with Crippen molar-refractivity contribution in [3.63, 3.8) is 0 Å². The van der Waals surface area contributed by atoms with Crippen molar-refractivity contribution in [3.8, 4) is 5.75 Å². The number of hydrogen-bond donors (Lipinski definition) is 1. The predicted molar refractivity (Wildman–Crippen MR) is 74.4 cm³/mol. The summed E-state index contributed by atoms with van der Waals surface area (Å²) in [7, 11) is 2.69. The fourth-order valence-corrected chi connectivity index (χ4v) is 1.94. The van der Waals surface area contributed by atoms with E-state index < -0.39 is 11.9 Å². The molecule has 0 unspecified atom stereocenters. The third-order valence-corrected chi connectivity index (χ3v) is 3.32. The van der Waals surface area contributed by atoms with Crippen LogP contribution in [0.4, 0.5) is 0 Å². The molecule has 0 heterocycles. The minimum Gasteiger partial charge on any atom is -0.496 e. The Labute approximate surface area is 122 Å². The molecule has 1 aliphatic rings. The van der Waals surface area contributed by atoms with Crippen LogP contribution >= 0.6 is 0 Å². The molecule has 1 amide bonds. The maximum absolute atomic E-state index is 12.1. The maximum Gasteiger partial charge on any atom is 0.337 e. The molecule has 21 heavy (non-hydrogen) atoms. The molecule has 0 radical (unpaired) electrons. The van der Waals surface area contributed by atoms with Crippen molar-refractivity contribution >= 4 is 17.7 Å². The fourth-order valence-electron chi connectivity index (χ4n) is 1.94. The van der Waals surface area contributed by atoms with E-state index >= 15 is 0 Å². The van der Waals surface area contributed by atoms with E-state index in [1.54, 1.807) is 0 Å². The highest BCUT2D eigenvalue weighted by atomic mass is 16.5. The molecule has 6 nitrogen and oxygen atoms in total. The molecule has 1 saturated carbocycles. The van der Waals surface area contributed by atoms with Gasteiger partial charge in [0.1, 0.15) is 5.75 Å². The molecular weight excluding hydrogens is 274 g/mol. The van der Waals surface area contributed by atoms with Crippen molar-refractivity contribution in [2.75, 3.05) is 20.8 Å². The van der Waals surface area contributed by atoms with Crippen molar-refractivity contribution in [2.24, 2.45) is 5.92 Å². The number of amides is 1. The summed E-state index contributed by atoms with van der Waals surface area (Å²) in [5.41, 5.74) is 0.445. The van der Waals surface area contributed by atoms with Crippen LogP contribution in [0.2, 0.25) is 0 Å². The monoisotopic (exact) mass is 291 g/mol. The molecule has 0 aromatic heterocycles. The van der Waals surface area contributed by atoms with Gasteiger partial charge in [0.2, 0.25) is 0 Å². The molecule has 2 rings (SSSR count). The zero-order chi connectivity index (χ0) is 15.4. The zero-order valence-corrected chi connectivity index (χ0v) is 12.0. The number of benzene rings is 1. The number of rotatable bonds is 6. The number of esters is 1. The Kier molecular flexibility index (Phi) is 4.57. The predicted octanol–water partition coefficient (Wildman–Crippen LogP) is 1.19. The van der Waals surface area contributed by atoms with Gasteiger partial charge < -0.3 is 14.8 Å². The van der Waals surface area contributed by atoms with E-state index in [4.69, 9.17) is 4.74 Å². The van der Waals surface area contributed by atoms with E-state index in [0.717, 1.165) is 12.8 Å². The Morgan fingerprint density at radius 1 is 1.24 bits per heavy atom. The summed E-state index contributed by atoms with van der Waals surface area (Å²) < 4.78 is 9.72. The molecule has 0 spiro atoms. The van der Waals surface area contributed by atoms with E-state index in [0.29, 0.717) is 5.75 Å². The lowest BCUT2D eigenvalue weighted by Crippen LogP contribution is -2.30. The number of carbonyl (C=O) groups is 3. The Balaban J connectivity index is 2.12. The highest BCUT2D eigenvalue weighted by Crippen LogP contribution is 2.29. The largest absolute Gasteiger partial charge is 0.496 e. The first kappa shape index (κ1) is 15.0. The van der Waals surface area contributed by atoms with Gasteiger partial charge in [0.25, 0.3) is 5.91 Å². The van der Waals surface area contributed by atoms with E-state index in [-0.39, 0.29) is 29.4 Å². The van der Waals surface area contributed by atoms with E-state index in [1.165, 1.54) is 32.4 Å². The minimum absolute atomic E-state index is 0.00486. The summed E-state index contributed by atoms with van der Waals surface area (Å²) in [5.74, 6) is -0.536. The first-order chi connectivity index (χ1) is 10.1. The van der Waals surface area contributed by atoms with Crippen LogP contribution in [0, 0.1) is 5.92 Å². The van der Waals surface area contributed by atoms with Crippen molar-refractivity contribution in [1.29, 1.82) is 0 Å². The lowest BCUT2D eigenvalue weighted by atomic mass is 10.1. The molecule has 1 aromatic rings. The Morgan fingerprint density at radius 3 is 2.52 bits per heavy atom. The van der Waals surface area contributed by atoms with Crippen LogP contribution in [0.25, 0.3) is 0 Å². The highest BCUT2D eigenvalue weighted by molar-refractivity contribution is 6.01. The van der Waals surface area contributed by atoms with Crippen molar-refractivity contribution < 1.29 is 23.9 Å². The SMILES string of the molecule is COC(=O)c1ccc(OC)c(C(=O)NCC(=O)C2CC2)c1. The third kappa shape index (κ3) is 3.59. The summed E-state index contributed by atoms with van der Waals surface area (Å²) in [4.78, 5) is 35.2. The van der Waals surface area contributed by atoms with Crippen LogP contribution < -0.4 is 10.1 Å². The molecule has 112 valence electrons. The molecule has 0 bridgehead atoms. The number of methoxy groups -OCH3 is 2. The Bertz CT molecular complexity index is 577. The summed E-state index contributed by atoms with van der Waals surface area (Å²) in [5, 5.41) is 2.56. The second-order valence-electron chi connectivity index (χ2n) is 4.83. The zero-order valence-electron chi connectivity index (χ0n) is 12.0. The molecule has 1 aliphatic carbocycles. The van der Waals surface area contributed by atoms with Crippen molar-refractivity contribution in [1.82, 2.24) is 5.32 Å². The lowest BCUT2D eigenvalue weighted by Gasteiger charge is -2.10. The molecule has 1 fully saturated rings. The minimum atomic E-state index is -0.541. The average Bonchev–Trinajstić information content (AvgIpc) is 3.35. The number of Topliss-reactive ketones (excluding diaryl/α,β-unsaturated/α-hetero) is 1. The topological polar surface area (TPSA) is 81.7 Å². The summed E-state index contributed by atoms with van der Waals surface area (Å²) in [6.45, 7) is -0.00486. The quantitative estimate of drug-likeness (QED) is 0.796. The number of nitrogens with one attached hydrogen (secondary N) is 1. The molecule has 0 saturated heterocycles. The van der Waals surface area contributed by atoms with Crippen molar-refractivity contribution in [3.05, 3.63) is 29.3 Å². The van der Waals surface area contributed by atoms with Gasteiger partial charge in [-0.05, 0) is 31.0 Å². The third-order valence-electron chi connectivity index (χ3n) is 3.32. The number of hydrogen-bond acceptors (Lipinski definition) is 5. The van der Waals surface area contributed by atoms with E-state index in [1.807, 2.05) is 0 Å². The lowest BCUT2D eigenvalue weighted by molar-refractivity contribution is -0.119. The molecular formula is C15H17NO5. The second-order valence-corrected chi connectivity index (χ2v) is 4.83. The van der Waals surface area contributed by atoms with Crippen LogP contribution in [-0.4, -0.2) is 38.4 Å². The first-order valence-corrected chi connectivity index (χ1v) is 6.64. The van der Waals surface area contributed by atoms with Gasteiger partial charge in [-0.3, -0.25) is 9.59 Å². The van der Waals surface area contributed by atoms with Crippen LogP contribution in [0.5, 0.6) is 5.75 Å². The molecule has 1 N–H and O–H groups in total. The normalized spacial score (nSPS) is 13.4. The highest BCUT2D eigenvalue weighted by Gasteiger charge is 2.29. The number of ketones is 1. The standard InChI is InChI=1S/C15H17NO5/c1-20-13-6-5-10(15(19)21-2)7-11(13)14(18)16-8-12(17)9-3-4-9/h5-7,9H,3-4,8H2,1-2H3,(H,16,18). The van der Waals surface area contributed by atoms with E-state index in [2.05, 4.69) is 10.1 Å². The van der Waals surface area contributed by atoms with Gasteiger partial charge in [0.05, 0.1) is 31.9 Å². The van der Waals surface area contributed by atoms with Gasteiger partial charge in [-0.1, -0.05) is 0 Å². The van der Waals surface area contributed by atoms with Crippen LogP contribution in [0.1, 0.15) is 33.6 Å². The van der Waals surface area contributed by atoms with Gasteiger partial charge in [-0.2, -0.15) is 0 Å². The van der Waals surface area contributed by atoms with Crippen molar-refractivity contribution in [2.45, 2.75) is 12.8 Å². The summed E-state index contributed by atoms with van der Waals surface area (Å²) in [6.07, 6.45) is 1.80. The maximum atomic E-state index is 12.1. The van der Waals surface area contributed by atoms with Gasteiger partial charge in [0, 0.05) is 5.92 Å². The van der Waals surface area contributed by atoms with Crippen LogP contribution in [-0.2, 0) is 9.53 Å². The van der Waals surface area contributed by atoms with Gasteiger partial charge >= 0.3 is 5.97 Å². The molecule has 6 heteroatoms. The molecule has 1 aromatic carbocycles. The first-order valence-electron chi connectivity index (χ1n) is 6.64. The van der Waals surface area contributed by atoms with Crippen LogP contribution in [0.15, 0.2) is 18.2 Å². The van der Waals surface area contributed by atoms with E-state index in [9.17, 15) is 14.4 Å². The second kappa shape index (κ2) is 6.39. The smallest absolute Gasteiger partial charge is 0.337 e. The van der Waals surface area contributed by atoms with Gasteiger partial charge in [-0.25, -0.2) is 4.79 Å². The van der Waals surface area contributed by atoms with Gasteiger partial charge in [-0.15, -0.1) is 0 Å². The number of carbonyl (C=O) groups excluding carboxylic acids is 3. The molecule has 0 atom stereocenters. The average molecular weight is 291 g/mol. The van der Waals surface area contributed by atoms with Crippen LogP contribution in [0.3, 0.4) is 0 Å². The Morgan fingerprint density at radius 2 is 1.95 bits per heavy atom. The fraction of sp³-hybridized carbons (Fsp3) is 0.400. The summed E-state index contributed by atoms with van der Waals surface area (Å²) in [6, 6.07) is 4.42. The summed E-state index contributed by atoms with van der Waals surface area (Å²) >= 11 is 0. The number of ether oxygens (including phenoxy) is 2. The Hall–Kier alpha value is -2.37. The molecule has 0 aliphatic heterocycles. The van der Waals surface area contributed by atoms with Gasteiger partial charge in [0.15, 0.2) is 5.78 Å².